The molecule has 1 atom stereocenters. The van der Waals surface area contributed by atoms with Gasteiger partial charge in [0.2, 0.25) is 0 Å². The average molecular weight is 125 g/mol. The summed E-state index contributed by atoms with van der Waals surface area (Å²) in [6, 6.07) is 3.79. The molecule has 0 fully saturated rings. The average Bonchev–Trinajstić information content (AvgIpc) is 2.37. The molecule has 0 radical (unpaired) electrons. The number of hydrogen-bond donors (Lipinski definition) is 3. The van der Waals surface area contributed by atoms with E-state index in [0.717, 1.165) is 5.69 Å². The van der Waals surface area contributed by atoms with Gasteiger partial charge in [-0.05, 0) is 12.1 Å². The standard InChI is InChI=1S/C6H11N3/c7-4-5(8)6-2-1-3-9-6/h1-3,5,9H,4,7-8H2. The lowest BCUT2D eigenvalue weighted by Gasteiger charge is -2.03. The first kappa shape index (κ1) is 6.32. The topological polar surface area (TPSA) is 67.8 Å². The second kappa shape index (κ2) is 2.66. The Morgan fingerprint density at radius 1 is 1.67 bits per heavy atom. The van der Waals surface area contributed by atoms with E-state index < -0.39 is 0 Å². The van der Waals surface area contributed by atoms with Crippen molar-refractivity contribution in [2.45, 2.75) is 6.04 Å². The van der Waals surface area contributed by atoms with Gasteiger partial charge in [-0.3, -0.25) is 0 Å². The molecule has 3 nitrogen and oxygen atoms in total. The van der Waals surface area contributed by atoms with Crippen LogP contribution < -0.4 is 11.5 Å². The molecule has 0 saturated carbocycles. The second-order valence-corrected chi connectivity index (χ2v) is 1.97. The summed E-state index contributed by atoms with van der Waals surface area (Å²) in [7, 11) is 0. The number of H-pyrrole nitrogens is 1. The van der Waals surface area contributed by atoms with Gasteiger partial charge in [0.15, 0.2) is 0 Å². The van der Waals surface area contributed by atoms with Crippen molar-refractivity contribution in [2.75, 3.05) is 6.54 Å². The fourth-order valence-electron chi connectivity index (χ4n) is 0.702. The Kier molecular flexibility index (Phi) is 1.87. The molecule has 0 bridgehead atoms. The van der Waals surface area contributed by atoms with E-state index >= 15 is 0 Å². The van der Waals surface area contributed by atoms with Crippen molar-refractivity contribution in [3.8, 4) is 0 Å². The Labute approximate surface area is 54.1 Å². The van der Waals surface area contributed by atoms with E-state index in [1.165, 1.54) is 0 Å². The first-order valence-corrected chi connectivity index (χ1v) is 2.93. The molecule has 1 unspecified atom stereocenters. The zero-order chi connectivity index (χ0) is 6.69. The van der Waals surface area contributed by atoms with Crippen molar-refractivity contribution in [1.82, 2.24) is 4.98 Å². The normalized spacial score (nSPS) is 13.6. The predicted octanol–water partition coefficient (Wildman–Crippen LogP) is -0.0268. The lowest BCUT2D eigenvalue weighted by atomic mass is 10.2. The van der Waals surface area contributed by atoms with Gasteiger partial charge in [0, 0.05) is 18.4 Å². The molecule has 0 aromatic carbocycles. The van der Waals surface area contributed by atoms with Crippen molar-refractivity contribution < 1.29 is 0 Å². The summed E-state index contributed by atoms with van der Waals surface area (Å²) in [5, 5.41) is 0. The van der Waals surface area contributed by atoms with Gasteiger partial charge in [-0.15, -0.1) is 0 Å². The molecule has 0 spiro atoms. The van der Waals surface area contributed by atoms with E-state index in [1.807, 2.05) is 18.3 Å². The molecule has 0 aliphatic rings. The van der Waals surface area contributed by atoms with Crippen LogP contribution in [0.5, 0.6) is 0 Å². The van der Waals surface area contributed by atoms with Gasteiger partial charge in [0.05, 0.1) is 6.04 Å². The smallest absolute Gasteiger partial charge is 0.0572 e. The van der Waals surface area contributed by atoms with Crippen LogP contribution >= 0.6 is 0 Å². The molecule has 1 heterocycles. The molecule has 1 rings (SSSR count). The van der Waals surface area contributed by atoms with Crippen molar-refractivity contribution in [1.29, 1.82) is 0 Å². The third-order valence-electron chi connectivity index (χ3n) is 1.28. The number of nitrogens with two attached hydrogens (primary N) is 2. The van der Waals surface area contributed by atoms with Crippen LogP contribution in [0.4, 0.5) is 0 Å². The summed E-state index contributed by atoms with van der Waals surface area (Å²) in [6.07, 6.45) is 1.84. The molecular formula is C6H11N3. The van der Waals surface area contributed by atoms with Gasteiger partial charge >= 0.3 is 0 Å². The molecule has 0 aliphatic heterocycles. The van der Waals surface area contributed by atoms with Gasteiger partial charge < -0.3 is 16.5 Å². The number of aromatic amines is 1. The minimum Gasteiger partial charge on any atom is -0.364 e. The van der Waals surface area contributed by atoms with Crippen molar-refractivity contribution >= 4 is 0 Å². The zero-order valence-corrected chi connectivity index (χ0v) is 5.17. The summed E-state index contributed by atoms with van der Waals surface area (Å²) in [4.78, 5) is 2.98. The van der Waals surface area contributed by atoms with E-state index in [1.54, 1.807) is 0 Å². The summed E-state index contributed by atoms with van der Waals surface area (Å²) in [5.41, 5.74) is 11.9. The molecule has 50 valence electrons. The van der Waals surface area contributed by atoms with Crippen LogP contribution in [0.2, 0.25) is 0 Å². The van der Waals surface area contributed by atoms with E-state index in [4.69, 9.17) is 11.5 Å². The van der Waals surface area contributed by atoms with E-state index in [0.29, 0.717) is 6.54 Å². The molecule has 0 aliphatic carbocycles. The number of hydrogen-bond acceptors (Lipinski definition) is 2. The molecule has 0 amide bonds. The van der Waals surface area contributed by atoms with Crippen molar-refractivity contribution in [2.24, 2.45) is 11.5 Å². The highest BCUT2D eigenvalue weighted by molar-refractivity contribution is 5.08. The minimum atomic E-state index is -0.0417. The molecular weight excluding hydrogens is 114 g/mol. The first-order chi connectivity index (χ1) is 4.34. The Morgan fingerprint density at radius 3 is 2.89 bits per heavy atom. The summed E-state index contributed by atoms with van der Waals surface area (Å²) < 4.78 is 0. The molecule has 9 heavy (non-hydrogen) atoms. The largest absolute Gasteiger partial charge is 0.364 e. The van der Waals surface area contributed by atoms with Crippen LogP contribution in [0.3, 0.4) is 0 Å². The van der Waals surface area contributed by atoms with Crippen LogP contribution in [0.15, 0.2) is 18.3 Å². The molecule has 1 aromatic heterocycles. The van der Waals surface area contributed by atoms with E-state index in [2.05, 4.69) is 4.98 Å². The summed E-state index contributed by atoms with van der Waals surface area (Å²) in [5.74, 6) is 0. The minimum absolute atomic E-state index is 0.0417. The van der Waals surface area contributed by atoms with Gasteiger partial charge in [-0.25, -0.2) is 0 Å². The molecule has 3 heteroatoms. The number of nitrogens with one attached hydrogen (secondary N) is 1. The van der Waals surface area contributed by atoms with Crippen LogP contribution in [-0.4, -0.2) is 11.5 Å². The SMILES string of the molecule is NCC(N)c1ccc[nH]1. The van der Waals surface area contributed by atoms with Crippen LogP contribution in [0.1, 0.15) is 11.7 Å². The lowest BCUT2D eigenvalue weighted by molar-refractivity contribution is 0.716. The highest BCUT2D eigenvalue weighted by atomic mass is 14.8. The van der Waals surface area contributed by atoms with Gasteiger partial charge in [0.1, 0.15) is 0 Å². The van der Waals surface area contributed by atoms with Gasteiger partial charge in [0.25, 0.3) is 0 Å². The second-order valence-electron chi connectivity index (χ2n) is 1.97. The summed E-state index contributed by atoms with van der Waals surface area (Å²) >= 11 is 0. The maximum Gasteiger partial charge on any atom is 0.0572 e. The third kappa shape index (κ3) is 1.31. The van der Waals surface area contributed by atoms with Crippen LogP contribution in [0, 0.1) is 0 Å². The van der Waals surface area contributed by atoms with Crippen molar-refractivity contribution in [3.63, 3.8) is 0 Å². The lowest BCUT2D eigenvalue weighted by Crippen LogP contribution is -2.20. The highest BCUT2D eigenvalue weighted by Gasteiger charge is 2.00. The van der Waals surface area contributed by atoms with E-state index in [-0.39, 0.29) is 6.04 Å². The number of rotatable bonds is 2. The maximum absolute atomic E-state index is 5.58. The van der Waals surface area contributed by atoms with Crippen LogP contribution in [0.25, 0.3) is 0 Å². The highest BCUT2D eigenvalue weighted by Crippen LogP contribution is 2.03. The Bertz CT molecular complexity index is 157. The van der Waals surface area contributed by atoms with Gasteiger partial charge in [-0.1, -0.05) is 0 Å². The fourth-order valence-corrected chi connectivity index (χ4v) is 0.702. The predicted molar refractivity (Wildman–Crippen MR) is 36.8 cm³/mol. The third-order valence-corrected chi connectivity index (χ3v) is 1.28. The zero-order valence-electron chi connectivity index (χ0n) is 5.17. The van der Waals surface area contributed by atoms with Crippen molar-refractivity contribution in [3.05, 3.63) is 24.0 Å². The summed E-state index contributed by atoms with van der Waals surface area (Å²) in [6.45, 7) is 0.487. The monoisotopic (exact) mass is 125 g/mol. The molecule has 0 saturated heterocycles. The van der Waals surface area contributed by atoms with Gasteiger partial charge in [-0.2, -0.15) is 0 Å². The Morgan fingerprint density at radius 2 is 2.44 bits per heavy atom. The number of aromatic nitrogens is 1. The fraction of sp³-hybridized carbons (Fsp3) is 0.333. The molecule has 1 aromatic rings. The first-order valence-electron chi connectivity index (χ1n) is 2.93. The Hall–Kier alpha value is -0.800. The Balaban J connectivity index is 2.65. The maximum atomic E-state index is 5.58. The van der Waals surface area contributed by atoms with Crippen LogP contribution in [-0.2, 0) is 0 Å². The molecule has 5 N–H and O–H groups in total. The quantitative estimate of drug-likeness (QED) is 0.519. The van der Waals surface area contributed by atoms with E-state index in [9.17, 15) is 0 Å².